The van der Waals surface area contributed by atoms with E-state index in [0.717, 1.165) is 37.7 Å². The summed E-state index contributed by atoms with van der Waals surface area (Å²) in [6, 6.07) is 13.2. The average Bonchev–Trinajstić information content (AvgIpc) is 3.32. The normalized spacial score (nSPS) is 12.1. The van der Waals surface area contributed by atoms with Crippen molar-refractivity contribution in [3.63, 3.8) is 0 Å². The summed E-state index contributed by atoms with van der Waals surface area (Å²) < 4.78 is 1.12. The number of benzene rings is 2. The first-order valence-corrected chi connectivity index (χ1v) is 11.4. The molecule has 0 saturated carbocycles. The quantitative estimate of drug-likeness (QED) is 0.305. The molecule has 0 aliphatic carbocycles. The van der Waals surface area contributed by atoms with E-state index in [1.165, 1.54) is 16.3 Å². The van der Waals surface area contributed by atoms with Gasteiger partial charge in [-0.15, -0.1) is 22.7 Å². The molecule has 144 valence electrons. The molecule has 0 radical (unpaired) electrons. The van der Waals surface area contributed by atoms with E-state index >= 15 is 0 Å². The van der Waals surface area contributed by atoms with Crippen LogP contribution in [0.25, 0.3) is 42.8 Å². The minimum atomic E-state index is 0.0424. The van der Waals surface area contributed by atoms with E-state index in [9.17, 15) is 0 Å². The summed E-state index contributed by atoms with van der Waals surface area (Å²) in [6.07, 6.45) is 1.68. The summed E-state index contributed by atoms with van der Waals surface area (Å²) in [5.41, 5.74) is 6.65. The Labute approximate surface area is 178 Å². The molecular formula is C24H21N3S2. The second-order valence-electron chi connectivity index (χ2n) is 8.34. The van der Waals surface area contributed by atoms with Crippen LogP contribution >= 0.6 is 22.7 Å². The van der Waals surface area contributed by atoms with Crippen molar-refractivity contribution in [1.82, 2.24) is 15.0 Å². The van der Waals surface area contributed by atoms with Crippen molar-refractivity contribution in [1.29, 1.82) is 0 Å². The third-order valence-corrected chi connectivity index (χ3v) is 7.12. The molecular weight excluding hydrogens is 394 g/mol. The number of thiazole rings is 1. The third-order valence-electron chi connectivity index (χ3n) is 5.15. The molecule has 0 N–H and O–H groups in total. The molecule has 5 heteroatoms. The standard InChI is InChI=1S/C24H21N3S2/c1-14-11-29-23(27-14)18-12-28-22-20(25-13-26-21(18)22)16-9-15-7-5-6-8-17(15)19(10-16)24(2,3)4/h5-13H,1-4H3. The minimum absolute atomic E-state index is 0.0424. The molecule has 0 spiro atoms. The van der Waals surface area contributed by atoms with E-state index in [2.05, 4.69) is 77.9 Å². The topological polar surface area (TPSA) is 38.7 Å². The molecule has 5 rings (SSSR count). The maximum atomic E-state index is 4.70. The van der Waals surface area contributed by atoms with Crippen molar-refractivity contribution in [2.45, 2.75) is 33.1 Å². The van der Waals surface area contributed by atoms with E-state index in [1.54, 1.807) is 29.0 Å². The van der Waals surface area contributed by atoms with Crippen molar-refractivity contribution in [2.24, 2.45) is 0 Å². The Bertz CT molecular complexity index is 1360. The van der Waals surface area contributed by atoms with Gasteiger partial charge >= 0.3 is 0 Å². The lowest BCUT2D eigenvalue weighted by Gasteiger charge is -2.22. The highest BCUT2D eigenvalue weighted by Gasteiger charge is 2.20. The molecule has 0 amide bonds. The first-order chi connectivity index (χ1) is 13.9. The van der Waals surface area contributed by atoms with Crippen LogP contribution in [0, 0.1) is 6.92 Å². The lowest BCUT2D eigenvalue weighted by Crippen LogP contribution is -2.12. The van der Waals surface area contributed by atoms with Crippen molar-refractivity contribution in [2.75, 3.05) is 0 Å². The van der Waals surface area contributed by atoms with Crippen LogP contribution in [0.1, 0.15) is 32.0 Å². The summed E-state index contributed by atoms with van der Waals surface area (Å²) in [4.78, 5) is 14.0. The van der Waals surface area contributed by atoms with Gasteiger partial charge in [0.2, 0.25) is 0 Å². The van der Waals surface area contributed by atoms with E-state index in [0.29, 0.717) is 0 Å². The van der Waals surface area contributed by atoms with Crippen LogP contribution in [0.2, 0.25) is 0 Å². The SMILES string of the molecule is Cc1csc(-c2csc3c(-c4cc(C(C)(C)C)c5ccccc5c4)ncnc23)n1. The van der Waals surface area contributed by atoms with Gasteiger partial charge in [0.25, 0.3) is 0 Å². The Hall–Kier alpha value is -2.63. The van der Waals surface area contributed by atoms with Gasteiger partial charge in [-0.2, -0.15) is 0 Å². The number of rotatable bonds is 2. The van der Waals surface area contributed by atoms with Gasteiger partial charge in [-0.3, -0.25) is 0 Å². The fraction of sp³-hybridized carbons (Fsp3) is 0.208. The smallest absolute Gasteiger partial charge is 0.126 e. The predicted octanol–water partition coefficient (Wildman–Crippen LogP) is 7.24. The van der Waals surface area contributed by atoms with Gasteiger partial charge in [-0.1, -0.05) is 45.0 Å². The number of hydrogen-bond acceptors (Lipinski definition) is 5. The van der Waals surface area contributed by atoms with Gasteiger partial charge in [0.15, 0.2) is 0 Å². The molecule has 0 bridgehead atoms. The Balaban J connectivity index is 1.76. The zero-order valence-electron chi connectivity index (χ0n) is 16.9. The molecule has 2 aromatic carbocycles. The number of aromatic nitrogens is 3. The average molecular weight is 416 g/mol. The summed E-state index contributed by atoms with van der Waals surface area (Å²) in [6.45, 7) is 8.82. The minimum Gasteiger partial charge on any atom is -0.241 e. The summed E-state index contributed by atoms with van der Waals surface area (Å²) in [5, 5.41) is 7.81. The highest BCUT2D eigenvalue weighted by Crippen LogP contribution is 2.40. The monoisotopic (exact) mass is 415 g/mol. The van der Waals surface area contributed by atoms with Gasteiger partial charge in [-0.25, -0.2) is 15.0 Å². The molecule has 3 aromatic heterocycles. The van der Waals surface area contributed by atoms with Crippen LogP contribution in [0.3, 0.4) is 0 Å². The molecule has 0 aliphatic heterocycles. The molecule has 0 atom stereocenters. The maximum absolute atomic E-state index is 4.70. The zero-order chi connectivity index (χ0) is 20.2. The highest BCUT2D eigenvalue weighted by atomic mass is 32.1. The first kappa shape index (κ1) is 18.4. The molecule has 5 aromatic rings. The van der Waals surface area contributed by atoms with Crippen molar-refractivity contribution in [3.8, 4) is 21.8 Å². The van der Waals surface area contributed by atoms with Crippen LogP contribution in [0.4, 0.5) is 0 Å². The van der Waals surface area contributed by atoms with Crippen molar-refractivity contribution >= 4 is 43.7 Å². The van der Waals surface area contributed by atoms with Crippen LogP contribution in [0.15, 0.2) is 53.5 Å². The highest BCUT2D eigenvalue weighted by molar-refractivity contribution is 7.19. The molecule has 0 saturated heterocycles. The Morgan fingerprint density at radius 3 is 2.52 bits per heavy atom. The van der Waals surface area contributed by atoms with Crippen molar-refractivity contribution in [3.05, 3.63) is 64.7 Å². The molecule has 0 aliphatic rings. The van der Waals surface area contributed by atoms with E-state index in [1.807, 2.05) is 6.92 Å². The molecule has 0 unspecified atom stereocenters. The molecule has 3 heterocycles. The van der Waals surface area contributed by atoms with Gasteiger partial charge in [0.1, 0.15) is 11.3 Å². The maximum Gasteiger partial charge on any atom is 0.126 e. The Kier molecular flexibility index (Phi) is 4.26. The molecule has 3 nitrogen and oxygen atoms in total. The van der Waals surface area contributed by atoms with Crippen LogP contribution in [-0.2, 0) is 5.41 Å². The fourth-order valence-corrected chi connectivity index (χ4v) is 5.66. The van der Waals surface area contributed by atoms with E-state index in [4.69, 9.17) is 4.98 Å². The van der Waals surface area contributed by atoms with Gasteiger partial charge in [0, 0.05) is 27.6 Å². The largest absolute Gasteiger partial charge is 0.241 e. The van der Waals surface area contributed by atoms with E-state index < -0.39 is 0 Å². The Morgan fingerprint density at radius 2 is 1.76 bits per heavy atom. The van der Waals surface area contributed by atoms with Gasteiger partial charge in [-0.05, 0) is 40.8 Å². The molecule has 0 fully saturated rings. The third kappa shape index (κ3) is 3.15. The number of hydrogen-bond donors (Lipinski definition) is 0. The fourth-order valence-electron chi connectivity index (χ4n) is 3.75. The second kappa shape index (κ2) is 6.71. The first-order valence-electron chi connectivity index (χ1n) is 9.60. The molecule has 29 heavy (non-hydrogen) atoms. The summed E-state index contributed by atoms with van der Waals surface area (Å²) in [7, 11) is 0. The Morgan fingerprint density at radius 1 is 0.931 bits per heavy atom. The predicted molar refractivity (Wildman–Crippen MR) is 125 cm³/mol. The van der Waals surface area contributed by atoms with Crippen molar-refractivity contribution < 1.29 is 0 Å². The van der Waals surface area contributed by atoms with Crippen LogP contribution in [-0.4, -0.2) is 15.0 Å². The summed E-state index contributed by atoms with van der Waals surface area (Å²) >= 11 is 3.37. The zero-order valence-corrected chi connectivity index (χ0v) is 18.5. The number of nitrogens with zero attached hydrogens (tertiary/aromatic N) is 3. The number of thiophene rings is 1. The lowest BCUT2D eigenvalue weighted by molar-refractivity contribution is 0.596. The van der Waals surface area contributed by atoms with Crippen LogP contribution < -0.4 is 0 Å². The number of fused-ring (bicyclic) bond motifs is 2. The van der Waals surface area contributed by atoms with Gasteiger partial charge < -0.3 is 0 Å². The lowest BCUT2D eigenvalue weighted by atomic mass is 9.82. The van der Waals surface area contributed by atoms with E-state index in [-0.39, 0.29) is 5.41 Å². The number of aryl methyl sites for hydroxylation is 1. The van der Waals surface area contributed by atoms with Gasteiger partial charge in [0.05, 0.1) is 15.9 Å². The summed E-state index contributed by atoms with van der Waals surface area (Å²) in [5.74, 6) is 0. The van der Waals surface area contributed by atoms with Crippen LogP contribution in [0.5, 0.6) is 0 Å². The second-order valence-corrected chi connectivity index (χ2v) is 10.1.